The van der Waals surface area contributed by atoms with Crippen molar-refractivity contribution < 1.29 is 8.78 Å². The standard InChI is InChI=1S/C16H14BrF2N/c17-12-3-1-10(2-4-12)11-5-15(6-11)20-16-8-13(18)7-14(19)9-16/h1-4,7-9,11,15,20H,5-6H2. The first-order chi connectivity index (χ1) is 9.60. The predicted molar refractivity (Wildman–Crippen MR) is 79.9 cm³/mol. The summed E-state index contributed by atoms with van der Waals surface area (Å²) in [4.78, 5) is 0. The molecule has 0 aliphatic heterocycles. The van der Waals surface area contributed by atoms with Crippen molar-refractivity contribution in [3.05, 3.63) is 64.1 Å². The summed E-state index contributed by atoms with van der Waals surface area (Å²) < 4.78 is 27.3. The zero-order valence-corrected chi connectivity index (χ0v) is 12.3. The molecule has 0 spiro atoms. The highest BCUT2D eigenvalue weighted by atomic mass is 79.9. The Kier molecular flexibility index (Phi) is 3.74. The van der Waals surface area contributed by atoms with Crippen LogP contribution in [0.4, 0.5) is 14.5 Å². The highest BCUT2D eigenvalue weighted by Gasteiger charge is 2.30. The highest BCUT2D eigenvalue weighted by molar-refractivity contribution is 9.10. The van der Waals surface area contributed by atoms with Crippen LogP contribution in [0.25, 0.3) is 0 Å². The van der Waals surface area contributed by atoms with Gasteiger partial charge in [0.1, 0.15) is 11.6 Å². The van der Waals surface area contributed by atoms with E-state index < -0.39 is 11.6 Å². The maximum absolute atomic E-state index is 13.1. The van der Waals surface area contributed by atoms with Gasteiger partial charge >= 0.3 is 0 Å². The first kappa shape index (κ1) is 13.6. The van der Waals surface area contributed by atoms with Gasteiger partial charge < -0.3 is 5.32 Å². The van der Waals surface area contributed by atoms with E-state index >= 15 is 0 Å². The zero-order chi connectivity index (χ0) is 14.1. The summed E-state index contributed by atoms with van der Waals surface area (Å²) in [6.45, 7) is 0. The summed E-state index contributed by atoms with van der Waals surface area (Å²) in [5, 5.41) is 3.18. The van der Waals surface area contributed by atoms with Crippen molar-refractivity contribution in [2.75, 3.05) is 5.32 Å². The minimum absolute atomic E-state index is 0.282. The monoisotopic (exact) mass is 337 g/mol. The van der Waals surface area contributed by atoms with Crippen molar-refractivity contribution in [1.82, 2.24) is 0 Å². The van der Waals surface area contributed by atoms with Crippen LogP contribution in [-0.4, -0.2) is 6.04 Å². The Morgan fingerprint density at radius 3 is 2.15 bits per heavy atom. The van der Waals surface area contributed by atoms with Crippen molar-refractivity contribution in [3.63, 3.8) is 0 Å². The number of rotatable bonds is 3. The van der Waals surface area contributed by atoms with Gasteiger partial charge in [-0.2, -0.15) is 0 Å². The molecule has 1 N–H and O–H groups in total. The predicted octanol–water partition coefficient (Wildman–Crippen LogP) is 5.09. The van der Waals surface area contributed by atoms with Crippen LogP contribution in [0.1, 0.15) is 24.3 Å². The van der Waals surface area contributed by atoms with Crippen molar-refractivity contribution in [3.8, 4) is 0 Å². The molecule has 0 unspecified atom stereocenters. The molecule has 1 aliphatic carbocycles. The molecule has 0 radical (unpaired) electrons. The lowest BCUT2D eigenvalue weighted by atomic mass is 9.76. The van der Waals surface area contributed by atoms with E-state index in [1.165, 1.54) is 17.7 Å². The van der Waals surface area contributed by atoms with E-state index in [1.54, 1.807) is 0 Å². The van der Waals surface area contributed by atoms with Gasteiger partial charge in [-0.25, -0.2) is 8.78 Å². The number of anilines is 1. The van der Waals surface area contributed by atoms with E-state index in [0.717, 1.165) is 23.4 Å². The molecule has 0 bridgehead atoms. The van der Waals surface area contributed by atoms with Crippen molar-refractivity contribution in [2.24, 2.45) is 0 Å². The second kappa shape index (κ2) is 5.52. The smallest absolute Gasteiger partial charge is 0.128 e. The number of halogens is 3. The molecule has 0 saturated heterocycles. The Morgan fingerprint density at radius 1 is 0.950 bits per heavy atom. The Labute approximate surface area is 125 Å². The lowest BCUT2D eigenvalue weighted by molar-refractivity contribution is 0.374. The molecule has 0 amide bonds. The van der Waals surface area contributed by atoms with Crippen LogP contribution in [0, 0.1) is 11.6 Å². The van der Waals surface area contributed by atoms with Crippen molar-refractivity contribution >= 4 is 21.6 Å². The van der Waals surface area contributed by atoms with E-state index in [2.05, 4.69) is 33.4 Å². The van der Waals surface area contributed by atoms with Crippen LogP contribution >= 0.6 is 15.9 Å². The van der Waals surface area contributed by atoms with E-state index in [4.69, 9.17) is 0 Å². The van der Waals surface area contributed by atoms with Gasteiger partial charge in [-0.1, -0.05) is 28.1 Å². The second-order valence-corrected chi connectivity index (χ2v) is 6.13. The van der Waals surface area contributed by atoms with Gasteiger partial charge in [0, 0.05) is 22.3 Å². The fourth-order valence-corrected chi connectivity index (χ4v) is 2.88. The van der Waals surface area contributed by atoms with Gasteiger partial charge in [-0.05, 0) is 48.6 Å². The molecule has 3 rings (SSSR count). The average molecular weight is 338 g/mol. The van der Waals surface area contributed by atoms with Crippen LogP contribution in [0.15, 0.2) is 46.9 Å². The van der Waals surface area contributed by atoms with E-state index in [1.807, 2.05) is 12.1 Å². The van der Waals surface area contributed by atoms with E-state index in [-0.39, 0.29) is 6.04 Å². The summed E-state index contributed by atoms with van der Waals surface area (Å²) >= 11 is 3.42. The molecule has 1 saturated carbocycles. The molecule has 20 heavy (non-hydrogen) atoms. The summed E-state index contributed by atoms with van der Waals surface area (Å²) in [5.41, 5.74) is 1.83. The summed E-state index contributed by atoms with van der Waals surface area (Å²) in [6, 6.07) is 12.1. The summed E-state index contributed by atoms with van der Waals surface area (Å²) in [5.74, 6) is -0.563. The topological polar surface area (TPSA) is 12.0 Å². The van der Waals surface area contributed by atoms with Gasteiger partial charge in [0.05, 0.1) is 0 Å². The minimum Gasteiger partial charge on any atom is -0.382 e. The Hall–Kier alpha value is -1.42. The largest absolute Gasteiger partial charge is 0.382 e. The quantitative estimate of drug-likeness (QED) is 0.822. The highest BCUT2D eigenvalue weighted by Crippen LogP contribution is 2.38. The molecule has 1 aliphatic rings. The Bertz CT molecular complexity index is 586. The molecule has 2 aromatic rings. The lowest BCUT2D eigenvalue weighted by Crippen LogP contribution is -2.34. The molecular weight excluding hydrogens is 324 g/mol. The third-order valence-corrected chi connectivity index (χ3v) is 4.24. The first-order valence-electron chi connectivity index (χ1n) is 6.58. The maximum Gasteiger partial charge on any atom is 0.128 e. The van der Waals surface area contributed by atoms with Gasteiger partial charge in [0.15, 0.2) is 0 Å². The Morgan fingerprint density at radius 2 is 1.55 bits per heavy atom. The molecule has 0 heterocycles. The summed E-state index contributed by atoms with van der Waals surface area (Å²) in [7, 11) is 0. The lowest BCUT2D eigenvalue weighted by Gasteiger charge is -2.37. The number of hydrogen-bond acceptors (Lipinski definition) is 1. The molecule has 4 heteroatoms. The molecule has 0 aromatic heterocycles. The van der Waals surface area contributed by atoms with Crippen LogP contribution in [-0.2, 0) is 0 Å². The summed E-state index contributed by atoms with van der Waals surface area (Å²) in [6.07, 6.45) is 1.97. The minimum atomic E-state index is -0.545. The van der Waals surface area contributed by atoms with Crippen molar-refractivity contribution in [1.29, 1.82) is 0 Å². The Balaban J connectivity index is 1.59. The van der Waals surface area contributed by atoms with Crippen molar-refractivity contribution in [2.45, 2.75) is 24.8 Å². The molecule has 1 fully saturated rings. The molecule has 1 nitrogen and oxygen atoms in total. The molecular formula is C16H14BrF2N. The number of nitrogens with one attached hydrogen (secondary N) is 1. The van der Waals surface area contributed by atoms with Crippen LogP contribution in [0.2, 0.25) is 0 Å². The third kappa shape index (κ3) is 3.01. The number of hydrogen-bond donors (Lipinski definition) is 1. The van der Waals surface area contributed by atoms with Gasteiger partial charge in [0.2, 0.25) is 0 Å². The average Bonchev–Trinajstić information content (AvgIpc) is 2.33. The fraction of sp³-hybridized carbons (Fsp3) is 0.250. The molecule has 2 aromatic carbocycles. The van der Waals surface area contributed by atoms with E-state index in [9.17, 15) is 8.78 Å². The van der Waals surface area contributed by atoms with Gasteiger partial charge in [0.25, 0.3) is 0 Å². The van der Waals surface area contributed by atoms with Crippen LogP contribution in [0.5, 0.6) is 0 Å². The third-order valence-electron chi connectivity index (χ3n) is 3.71. The molecule has 104 valence electrons. The van der Waals surface area contributed by atoms with Crippen LogP contribution < -0.4 is 5.32 Å². The van der Waals surface area contributed by atoms with Crippen LogP contribution in [0.3, 0.4) is 0 Å². The second-order valence-electron chi connectivity index (χ2n) is 5.22. The number of benzene rings is 2. The normalized spacial score (nSPS) is 21.4. The zero-order valence-electron chi connectivity index (χ0n) is 10.7. The molecule has 0 atom stereocenters. The van der Waals surface area contributed by atoms with E-state index in [0.29, 0.717) is 11.6 Å². The SMILES string of the molecule is Fc1cc(F)cc(NC2CC(c3ccc(Br)cc3)C2)c1. The fourth-order valence-electron chi connectivity index (χ4n) is 2.62. The maximum atomic E-state index is 13.1. The van der Waals surface area contributed by atoms with Gasteiger partial charge in [-0.15, -0.1) is 0 Å². The first-order valence-corrected chi connectivity index (χ1v) is 7.37. The van der Waals surface area contributed by atoms with Gasteiger partial charge in [-0.3, -0.25) is 0 Å².